The Hall–Kier alpha value is -2.89. The molecule has 9 nitrogen and oxygen atoms in total. The molecule has 2 aromatic heterocycles. The van der Waals surface area contributed by atoms with Gasteiger partial charge in [0.15, 0.2) is 0 Å². The first-order valence-corrected chi connectivity index (χ1v) is 10.5. The second kappa shape index (κ2) is 8.00. The van der Waals surface area contributed by atoms with Crippen LogP contribution in [0.1, 0.15) is 5.56 Å². The van der Waals surface area contributed by atoms with E-state index in [-0.39, 0.29) is 29.2 Å². The van der Waals surface area contributed by atoms with E-state index in [9.17, 15) is 23.3 Å². The minimum Gasteiger partial charge on any atom is -0.268 e. The molecule has 0 saturated heterocycles. The van der Waals surface area contributed by atoms with Gasteiger partial charge < -0.3 is 0 Å². The number of aryl methyl sites for hydroxylation is 1. The molecule has 11 heteroatoms. The summed E-state index contributed by atoms with van der Waals surface area (Å²) in [6.07, 6.45) is 0. The zero-order valence-electron chi connectivity index (χ0n) is 14.7. The van der Waals surface area contributed by atoms with Gasteiger partial charge in [-0.05, 0) is 30.0 Å². The maximum Gasteiger partial charge on any atom is 0.270 e. The standard InChI is InChI=1S/C17H16N4O5S2/c1-12-4-5-13(21(23)24)11-16(12)28(25,26)18-8-9-20-17(22)7-6-14(19-20)15-3-2-10-27-15/h2-7,10-11,18H,8-9H2,1H3. The lowest BCUT2D eigenvalue weighted by molar-refractivity contribution is -0.385. The maximum atomic E-state index is 12.5. The smallest absolute Gasteiger partial charge is 0.268 e. The van der Waals surface area contributed by atoms with Crippen LogP contribution in [0.5, 0.6) is 0 Å². The number of sulfonamides is 1. The Kier molecular flexibility index (Phi) is 5.68. The average Bonchev–Trinajstić information content (AvgIpc) is 3.18. The van der Waals surface area contributed by atoms with Gasteiger partial charge in [0.2, 0.25) is 10.0 Å². The highest BCUT2D eigenvalue weighted by molar-refractivity contribution is 7.89. The number of benzene rings is 1. The molecule has 0 fully saturated rings. The Labute approximate surface area is 164 Å². The van der Waals surface area contributed by atoms with E-state index in [4.69, 9.17) is 0 Å². The minimum absolute atomic E-state index is 0.0191. The van der Waals surface area contributed by atoms with E-state index >= 15 is 0 Å². The number of nitro benzene ring substituents is 1. The summed E-state index contributed by atoms with van der Waals surface area (Å²) in [6, 6.07) is 10.4. The van der Waals surface area contributed by atoms with Gasteiger partial charge in [-0.2, -0.15) is 5.10 Å². The highest BCUT2D eigenvalue weighted by atomic mass is 32.2. The van der Waals surface area contributed by atoms with E-state index in [0.29, 0.717) is 11.3 Å². The zero-order chi connectivity index (χ0) is 20.3. The SMILES string of the molecule is Cc1ccc([N+](=O)[O-])cc1S(=O)(=O)NCCn1nc(-c2cccs2)ccc1=O. The van der Waals surface area contributed by atoms with E-state index in [1.165, 1.54) is 34.2 Å². The largest absolute Gasteiger partial charge is 0.270 e. The van der Waals surface area contributed by atoms with E-state index in [1.54, 1.807) is 13.0 Å². The molecular formula is C17H16N4O5S2. The molecule has 1 aromatic carbocycles. The van der Waals surface area contributed by atoms with Crippen molar-refractivity contribution >= 4 is 27.0 Å². The van der Waals surface area contributed by atoms with Crippen molar-refractivity contribution in [3.05, 3.63) is 73.9 Å². The van der Waals surface area contributed by atoms with Crippen molar-refractivity contribution in [2.75, 3.05) is 6.54 Å². The number of thiophene rings is 1. The van der Waals surface area contributed by atoms with E-state index in [0.717, 1.165) is 10.9 Å². The third-order valence-corrected chi connectivity index (χ3v) is 6.42. The molecule has 0 bridgehead atoms. The summed E-state index contributed by atoms with van der Waals surface area (Å²) in [5.41, 5.74) is 0.332. The van der Waals surface area contributed by atoms with Crippen LogP contribution in [0.4, 0.5) is 5.69 Å². The van der Waals surface area contributed by atoms with Crippen LogP contribution in [0.15, 0.2) is 57.5 Å². The van der Waals surface area contributed by atoms with Crippen molar-refractivity contribution in [2.45, 2.75) is 18.4 Å². The van der Waals surface area contributed by atoms with Gasteiger partial charge in [0, 0.05) is 24.7 Å². The van der Waals surface area contributed by atoms with Crippen LogP contribution in [-0.4, -0.2) is 29.7 Å². The predicted octanol–water partition coefficient (Wildman–Crippen LogP) is 2.17. The van der Waals surface area contributed by atoms with Crippen LogP contribution in [0, 0.1) is 17.0 Å². The zero-order valence-corrected chi connectivity index (χ0v) is 16.4. The van der Waals surface area contributed by atoms with Crippen LogP contribution in [0.2, 0.25) is 0 Å². The van der Waals surface area contributed by atoms with Crippen molar-refractivity contribution in [2.24, 2.45) is 0 Å². The van der Waals surface area contributed by atoms with Gasteiger partial charge in [-0.25, -0.2) is 17.8 Å². The third-order valence-electron chi connectivity index (χ3n) is 3.93. The Morgan fingerprint density at radius 3 is 2.71 bits per heavy atom. The molecule has 146 valence electrons. The van der Waals surface area contributed by atoms with Crippen molar-refractivity contribution in [3.63, 3.8) is 0 Å². The van der Waals surface area contributed by atoms with Gasteiger partial charge in [0.05, 0.1) is 21.2 Å². The molecule has 0 amide bonds. The van der Waals surface area contributed by atoms with Gasteiger partial charge in [-0.15, -0.1) is 11.3 Å². The van der Waals surface area contributed by atoms with Crippen molar-refractivity contribution in [1.29, 1.82) is 0 Å². The molecule has 0 saturated carbocycles. The van der Waals surface area contributed by atoms with Gasteiger partial charge in [0.25, 0.3) is 11.2 Å². The Balaban J connectivity index is 1.76. The average molecular weight is 420 g/mol. The highest BCUT2D eigenvalue weighted by Crippen LogP contribution is 2.22. The second-order valence-electron chi connectivity index (χ2n) is 5.86. The molecule has 1 N–H and O–H groups in total. The monoisotopic (exact) mass is 420 g/mol. The molecule has 0 unspecified atom stereocenters. The molecule has 28 heavy (non-hydrogen) atoms. The van der Waals surface area contributed by atoms with Gasteiger partial charge >= 0.3 is 0 Å². The molecule has 3 aromatic rings. The van der Waals surface area contributed by atoms with E-state index < -0.39 is 14.9 Å². The molecule has 0 atom stereocenters. The summed E-state index contributed by atoms with van der Waals surface area (Å²) in [5.74, 6) is 0. The number of rotatable bonds is 7. The lowest BCUT2D eigenvalue weighted by atomic mass is 10.2. The van der Waals surface area contributed by atoms with Crippen molar-refractivity contribution in [1.82, 2.24) is 14.5 Å². The number of nitrogens with one attached hydrogen (secondary N) is 1. The van der Waals surface area contributed by atoms with Crippen LogP contribution in [-0.2, 0) is 16.6 Å². The molecular weight excluding hydrogens is 404 g/mol. The topological polar surface area (TPSA) is 124 Å². The minimum atomic E-state index is -3.98. The third kappa shape index (κ3) is 4.32. The first-order valence-electron chi connectivity index (χ1n) is 8.15. The predicted molar refractivity (Wildman–Crippen MR) is 105 cm³/mol. The fourth-order valence-corrected chi connectivity index (χ4v) is 4.49. The van der Waals surface area contributed by atoms with Gasteiger partial charge in [-0.1, -0.05) is 12.1 Å². The quantitative estimate of drug-likeness (QED) is 0.461. The number of nitro groups is 1. The second-order valence-corrected chi connectivity index (χ2v) is 8.55. The maximum absolute atomic E-state index is 12.5. The van der Waals surface area contributed by atoms with Gasteiger partial charge in [0.1, 0.15) is 5.69 Å². The number of aromatic nitrogens is 2. The number of nitrogens with zero attached hydrogens (tertiary/aromatic N) is 3. The van der Waals surface area contributed by atoms with E-state index in [2.05, 4.69) is 9.82 Å². The normalized spacial score (nSPS) is 11.5. The first-order chi connectivity index (χ1) is 13.3. The highest BCUT2D eigenvalue weighted by Gasteiger charge is 2.20. The summed E-state index contributed by atoms with van der Waals surface area (Å²) in [5, 5.41) is 17.0. The van der Waals surface area contributed by atoms with Crippen molar-refractivity contribution in [3.8, 4) is 10.6 Å². The Morgan fingerprint density at radius 2 is 2.04 bits per heavy atom. The van der Waals surface area contributed by atoms with Crippen LogP contribution < -0.4 is 10.3 Å². The molecule has 3 rings (SSSR count). The Bertz CT molecular complexity index is 1170. The lowest BCUT2D eigenvalue weighted by Crippen LogP contribution is -2.32. The summed E-state index contributed by atoms with van der Waals surface area (Å²) in [4.78, 5) is 23.0. The van der Waals surface area contributed by atoms with E-state index in [1.807, 2.05) is 17.5 Å². The lowest BCUT2D eigenvalue weighted by Gasteiger charge is -2.10. The Morgan fingerprint density at radius 1 is 1.25 bits per heavy atom. The van der Waals surface area contributed by atoms with Crippen LogP contribution in [0.25, 0.3) is 10.6 Å². The van der Waals surface area contributed by atoms with Crippen LogP contribution >= 0.6 is 11.3 Å². The molecule has 0 radical (unpaired) electrons. The summed E-state index contributed by atoms with van der Waals surface area (Å²) >= 11 is 1.48. The molecule has 0 aliphatic rings. The van der Waals surface area contributed by atoms with Crippen LogP contribution in [0.3, 0.4) is 0 Å². The fourth-order valence-electron chi connectivity index (χ4n) is 2.52. The summed E-state index contributed by atoms with van der Waals surface area (Å²) in [6.45, 7) is 1.48. The number of non-ortho nitro benzene ring substituents is 1. The number of hydrogen-bond donors (Lipinski definition) is 1. The molecule has 2 heterocycles. The molecule has 0 spiro atoms. The molecule has 0 aliphatic heterocycles. The molecule has 0 aliphatic carbocycles. The van der Waals surface area contributed by atoms with Crippen molar-refractivity contribution < 1.29 is 13.3 Å². The first kappa shape index (κ1) is 19.9. The summed E-state index contributed by atoms with van der Waals surface area (Å²) < 4.78 is 28.6. The van der Waals surface area contributed by atoms with Gasteiger partial charge in [-0.3, -0.25) is 14.9 Å². The summed E-state index contributed by atoms with van der Waals surface area (Å²) in [7, 11) is -3.98. The number of hydrogen-bond acceptors (Lipinski definition) is 7. The fraction of sp³-hybridized carbons (Fsp3) is 0.176.